The van der Waals surface area contributed by atoms with Gasteiger partial charge in [0.1, 0.15) is 0 Å². The smallest absolute Gasteiger partial charge is 0.338 e. The van der Waals surface area contributed by atoms with Crippen molar-refractivity contribution < 1.29 is 28.7 Å². The third kappa shape index (κ3) is 6.28. The fourth-order valence-corrected chi connectivity index (χ4v) is 2.55. The van der Waals surface area contributed by atoms with E-state index in [1.807, 2.05) is 30.3 Å². The minimum absolute atomic E-state index is 0.0173. The second kappa shape index (κ2) is 10.8. The summed E-state index contributed by atoms with van der Waals surface area (Å²) in [6, 6.07) is 13.1. The molecule has 2 rings (SSSR count). The maximum absolute atomic E-state index is 12.6. The lowest BCUT2D eigenvalue weighted by Crippen LogP contribution is -2.36. The molecule has 0 spiro atoms. The molecule has 9 nitrogen and oxygen atoms in total. The number of nitrogens with zero attached hydrogens (tertiary/aromatic N) is 2. The van der Waals surface area contributed by atoms with E-state index in [0.717, 1.165) is 11.6 Å². The van der Waals surface area contributed by atoms with Crippen molar-refractivity contribution in [2.75, 3.05) is 34.0 Å². The van der Waals surface area contributed by atoms with Crippen LogP contribution in [0.4, 0.5) is 5.69 Å². The first kappa shape index (κ1) is 21.8. The highest BCUT2D eigenvalue weighted by Gasteiger charge is 2.21. The zero-order valence-electron chi connectivity index (χ0n) is 16.2. The molecule has 0 radical (unpaired) electrons. The number of rotatable bonds is 10. The Balaban J connectivity index is 2.11. The molecule has 154 valence electrons. The molecule has 0 fully saturated rings. The molecule has 1 amide bonds. The van der Waals surface area contributed by atoms with E-state index in [-0.39, 0.29) is 17.2 Å². The molecule has 0 aromatic heterocycles. The van der Waals surface area contributed by atoms with Crippen molar-refractivity contribution in [2.45, 2.75) is 6.54 Å². The number of amides is 1. The lowest BCUT2D eigenvalue weighted by atomic mass is 10.2. The summed E-state index contributed by atoms with van der Waals surface area (Å²) in [4.78, 5) is 36.4. The number of hydrogen-bond acceptors (Lipinski definition) is 7. The van der Waals surface area contributed by atoms with Crippen molar-refractivity contribution in [1.82, 2.24) is 4.90 Å². The Morgan fingerprint density at radius 1 is 1.10 bits per heavy atom. The fraction of sp³-hybridized carbons (Fsp3) is 0.300. The van der Waals surface area contributed by atoms with Crippen molar-refractivity contribution in [2.24, 2.45) is 0 Å². The summed E-state index contributed by atoms with van der Waals surface area (Å²) in [7, 11) is 2.71. The summed E-state index contributed by atoms with van der Waals surface area (Å²) < 4.78 is 15.0. The number of carbonyl (C=O) groups excluding carboxylic acids is 2. The van der Waals surface area contributed by atoms with Crippen LogP contribution in [0.15, 0.2) is 48.5 Å². The average Bonchev–Trinajstić information content (AvgIpc) is 2.74. The van der Waals surface area contributed by atoms with Gasteiger partial charge in [-0.2, -0.15) is 0 Å². The summed E-state index contributed by atoms with van der Waals surface area (Å²) in [6.07, 6.45) is 0. The monoisotopic (exact) mass is 402 g/mol. The largest absolute Gasteiger partial charge is 0.477 e. The normalized spacial score (nSPS) is 10.3. The van der Waals surface area contributed by atoms with E-state index >= 15 is 0 Å². The van der Waals surface area contributed by atoms with E-state index in [4.69, 9.17) is 9.47 Å². The van der Waals surface area contributed by atoms with Gasteiger partial charge in [0.05, 0.1) is 24.2 Å². The first-order chi connectivity index (χ1) is 14.0. The first-order valence-corrected chi connectivity index (χ1v) is 8.76. The van der Waals surface area contributed by atoms with Crippen molar-refractivity contribution in [3.8, 4) is 5.75 Å². The lowest BCUT2D eigenvalue weighted by molar-refractivity contribution is -0.385. The van der Waals surface area contributed by atoms with E-state index in [1.165, 1.54) is 26.4 Å². The van der Waals surface area contributed by atoms with E-state index in [1.54, 1.807) is 4.90 Å². The minimum atomic E-state index is -0.704. The highest BCUT2D eigenvalue weighted by atomic mass is 16.6. The van der Waals surface area contributed by atoms with Gasteiger partial charge in [-0.1, -0.05) is 30.3 Å². The summed E-state index contributed by atoms with van der Waals surface area (Å²) in [5.41, 5.74) is 0.529. The highest BCUT2D eigenvalue weighted by Crippen LogP contribution is 2.28. The summed E-state index contributed by atoms with van der Waals surface area (Å²) >= 11 is 0. The van der Waals surface area contributed by atoms with Gasteiger partial charge in [-0.05, 0) is 17.7 Å². The summed E-state index contributed by atoms with van der Waals surface area (Å²) in [5, 5.41) is 11.3. The van der Waals surface area contributed by atoms with Gasteiger partial charge in [0, 0.05) is 26.3 Å². The molecule has 0 aliphatic heterocycles. The molecular formula is C20H22N2O7. The van der Waals surface area contributed by atoms with Crippen LogP contribution >= 0.6 is 0 Å². The Morgan fingerprint density at radius 3 is 2.45 bits per heavy atom. The van der Waals surface area contributed by atoms with Gasteiger partial charge in [0.15, 0.2) is 12.4 Å². The predicted molar refractivity (Wildman–Crippen MR) is 104 cm³/mol. The van der Waals surface area contributed by atoms with E-state index < -0.39 is 23.2 Å². The number of hydrogen-bond donors (Lipinski definition) is 0. The molecule has 0 saturated heterocycles. The molecule has 2 aromatic carbocycles. The second-order valence-corrected chi connectivity index (χ2v) is 6.01. The molecule has 29 heavy (non-hydrogen) atoms. The topological polar surface area (TPSA) is 108 Å². The standard InChI is InChI=1S/C20H22N2O7/c1-27-11-10-21(13-15-6-4-3-5-7-15)19(23)14-29-18-9-8-16(20(24)28-2)12-17(18)22(25)26/h3-9,12H,10-11,13-14H2,1-2H3. The highest BCUT2D eigenvalue weighted by molar-refractivity contribution is 5.90. The molecule has 0 N–H and O–H groups in total. The predicted octanol–water partition coefficient (Wildman–Crippen LogP) is 2.44. The average molecular weight is 402 g/mol. The molecule has 0 aliphatic rings. The molecule has 0 atom stereocenters. The van der Waals surface area contributed by atoms with Crippen LogP contribution in [0, 0.1) is 10.1 Å². The number of methoxy groups -OCH3 is 2. The van der Waals surface area contributed by atoms with Crippen LogP contribution in [0.2, 0.25) is 0 Å². The van der Waals surface area contributed by atoms with Gasteiger partial charge in [-0.25, -0.2) is 4.79 Å². The van der Waals surface area contributed by atoms with Gasteiger partial charge >= 0.3 is 11.7 Å². The lowest BCUT2D eigenvalue weighted by Gasteiger charge is -2.22. The third-order valence-corrected chi connectivity index (χ3v) is 4.06. The number of esters is 1. The van der Waals surface area contributed by atoms with Crippen molar-refractivity contribution in [3.05, 3.63) is 69.8 Å². The molecule has 9 heteroatoms. The SMILES string of the molecule is COCCN(Cc1ccccc1)C(=O)COc1ccc(C(=O)OC)cc1[N+](=O)[O-]. The van der Waals surface area contributed by atoms with Crippen LogP contribution in [0.25, 0.3) is 0 Å². The Labute approximate surface area is 167 Å². The first-order valence-electron chi connectivity index (χ1n) is 8.76. The van der Waals surface area contributed by atoms with Crippen molar-refractivity contribution in [1.29, 1.82) is 0 Å². The van der Waals surface area contributed by atoms with Crippen LogP contribution < -0.4 is 4.74 Å². The van der Waals surface area contributed by atoms with Gasteiger partial charge in [0.2, 0.25) is 0 Å². The number of ether oxygens (including phenoxy) is 3. The minimum Gasteiger partial charge on any atom is -0.477 e. The summed E-state index contributed by atoms with van der Waals surface area (Å²) in [6.45, 7) is 0.647. The van der Waals surface area contributed by atoms with Crippen LogP contribution in [-0.2, 0) is 20.8 Å². The van der Waals surface area contributed by atoms with Crippen LogP contribution in [0.5, 0.6) is 5.75 Å². The Morgan fingerprint density at radius 2 is 1.83 bits per heavy atom. The van der Waals surface area contributed by atoms with Gasteiger partial charge in [-0.3, -0.25) is 14.9 Å². The number of carbonyl (C=O) groups is 2. The number of benzene rings is 2. The molecule has 2 aromatic rings. The fourth-order valence-electron chi connectivity index (χ4n) is 2.55. The Bertz CT molecular complexity index is 855. The van der Waals surface area contributed by atoms with Crippen LogP contribution in [0.3, 0.4) is 0 Å². The molecule has 0 aliphatic carbocycles. The van der Waals surface area contributed by atoms with Crippen molar-refractivity contribution in [3.63, 3.8) is 0 Å². The zero-order valence-corrected chi connectivity index (χ0v) is 16.2. The van der Waals surface area contributed by atoms with E-state index in [9.17, 15) is 19.7 Å². The van der Waals surface area contributed by atoms with Crippen LogP contribution in [0.1, 0.15) is 15.9 Å². The second-order valence-electron chi connectivity index (χ2n) is 6.01. The third-order valence-electron chi connectivity index (χ3n) is 4.06. The maximum atomic E-state index is 12.6. The molecule has 0 heterocycles. The molecule has 0 bridgehead atoms. The number of nitro benzene ring substituents is 1. The Hall–Kier alpha value is -3.46. The van der Waals surface area contributed by atoms with Gasteiger partial charge in [-0.15, -0.1) is 0 Å². The van der Waals surface area contributed by atoms with Gasteiger partial charge < -0.3 is 19.1 Å². The maximum Gasteiger partial charge on any atom is 0.338 e. The van der Waals surface area contributed by atoms with E-state index in [2.05, 4.69) is 4.74 Å². The Kier molecular flexibility index (Phi) is 8.11. The van der Waals surface area contributed by atoms with Gasteiger partial charge in [0.25, 0.3) is 5.91 Å². The zero-order chi connectivity index (χ0) is 21.2. The van der Waals surface area contributed by atoms with Crippen LogP contribution in [-0.4, -0.2) is 55.7 Å². The summed E-state index contributed by atoms with van der Waals surface area (Å²) in [5.74, 6) is -1.16. The van der Waals surface area contributed by atoms with Crippen molar-refractivity contribution >= 4 is 17.6 Å². The molecule has 0 saturated carbocycles. The number of nitro groups is 1. The molecule has 0 unspecified atom stereocenters. The molecular weight excluding hydrogens is 380 g/mol. The van der Waals surface area contributed by atoms with E-state index in [0.29, 0.717) is 19.7 Å². The quantitative estimate of drug-likeness (QED) is 0.341.